The number of hydrogen-bond acceptors (Lipinski definition) is 6. The summed E-state index contributed by atoms with van der Waals surface area (Å²) in [6.45, 7) is 0. The third-order valence-corrected chi connectivity index (χ3v) is 7.81. The van der Waals surface area contributed by atoms with Crippen molar-refractivity contribution in [3.63, 3.8) is 0 Å². The van der Waals surface area contributed by atoms with Crippen LogP contribution in [-0.4, -0.2) is 36.2 Å². The van der Waals surface area contributed by atoms with Crippen molar-refractivity contribution in [1.82, 2.24) is 14.5 Å². The van der Waals surface area contributed by atoms with E-state index < -0.39 is 22.1 Å². The summed E-state index contributed by atoms with van der Waals surface area (Å²) >= 11 is 0. The molecule has 2 aromatic carbocycles. The Hall–Kier alpha value is -3.93. The predicted molar refractivity (Wildman–Crippen MR) is 130 cm³/mol. The Morgan fingerprint density at radius 2 is 1.76 bits per heavy atom. The molecule has 0 aliphatic heterocycles. The van der Waals surface area contributed by atoms with Gasteiger partial charge in [0.1, 0.15) is 5.75 Å². The number of nitrogens with one attached hydrogen (secondary N) is 1. The van der Waals surface area contributed by atoms with Gasteiger partial charge in [-0.3, -0.25) is 9.36 Å². The van der Waals surface area contributed by atoms with Gasteiger partial charge in [-0.15, -0.1) is 0 Å². The van der Waals surface area contributed by atoms with E-state index in [1.807, 2.05) is 0 Å². The monoisotopic (exact) mass is 530 g/mol. The third-order valence-electron chi connectivity index (χ3n) is 6.48. The van der Waals surface area contributed by atoms with E-state index in [-0.39, 0.29) is 35.2 Å². The molecule has 192 valence electrons. The Bertz CT molecular complexity index is 1630. The van der Waals surface area contributed by atoms with Crippen molar-refractivity contribution in [2.75, 3.05) is 11.8 Å². The van der Waals surface area contributed by atoms with E-state index in [4.69, 9.17) is 4.74 Å². The normalized spacial score (nSPS) is 17.8. The van der Waals surface area contributed by atoms with Crippen molar-refractivity contribution in [2.24, 2.45) is 5.92 Å². The molecule has 0 spiro atoms. The number of rotatable bonds is 6. The number of pyridine rings is 1. The minimum Gasteiger partial charge on any atom is -0.495 e. The smallest absolute Gasteiger partial charge is 0.391 e. The second kappa shape index (κ2) is 9.18. The fraction of sp³-hybridized carbons (Fsp3) is 0.240. The number of ether oxygens (including phenoxy) is 1. The lowest BCUT2D eigenvalue weighted by atomic mass is 9.71. The van der Waals surface area contributed by atoms with Crippen molar-refractivity contribution in [2.45, 2.75) is 29.8 Å². The molecule has 8 nitrogen and oxygen atoms in total. The van der Waals surface area contributed by atoms with E-state index in [2.05, 4.69) is 14.7 Å². The fourth-order valence-corrected chi connectivity index (χ4v) is 5.45. The maximum Gasteiger partial charge on any atom is 0.391 e. The van der Waals surface area contributed by atoms with Crippen LogP contribution in [0.25, 0.3) is 16.6 Å². The number of alkyl halides is 3. The number of benzene rings is 2. The summed E-state index contributed by atoms with van der Waals surface area (Å²) in [5.74, 6) is -1.31. The number of anilines is 1. The summed E-state index contributed by atoms with van der Waals surface area (Å²) in [4.78, 5) is 20.6. The number of halogens is 3. The van der Waals surface area contributed by atoms with Gasteiger partial charge in [0.05, 0.1) is 29.1 Å². The highest BCUT2D eigenvalue weighted by Gasteiger charge is 2.48. The van der Waals surface area contributed by atoms with Gasteiger partial charge in [0.25, 0.3) is 15.6 Å². The molecule has 2 aromatic heterocycles. The summed E-state index contributed by atoms with van der Waals surface area (Å²) < 4.78 is 73.6. The van der Waals surface area contributed by atoms with Crippen LogP contribution in [0.5, 0.6) is 5.75 Å². The van der Waals surface area contributed by atoms with Gasteiger partial charge in [-0.2, -0.15) is 13.2 Å². The van der Waals surface area contributed by atoms with E-state index >= 15 is 0 Å². The highest BCUT2D eigenvalue weighted by Crippen LogP contribution is 2.50. The lowest BCUT2D eigenvalue weighted by Crippen LogP contribution is -2.34. The molecular weight excluding hydrogens is 509 g/mol. The molecule has 0 saturated heterocycles. The van der Waals surface area contributed by atoms with Crippen LogP contribution in [0.15, 0.2) is 76.7 Å². The third kappa shape index (κ3) is 4.76. The summed E-state index contributed by atoms with van der Waals surface area (Å²) in [6.07, 6.45) is -1.36. The van der Waals surface area contributed by atoms with Crippen molar-refractivity contribution < 1.29 is 26.3 Å². The minimum atomic E-state index is -4.20. The molecule has 0 unspecified atom stereocenters. The zero-order valence-corrected chi connectivity index (χ0v) is 20.3. The van der Waals surface area contributed by atoms with E-state index in [1.54, 1.807) is 24.3 Å². The molecular formula is C25H21F3N4O4S. The molecule has 0 bridgehead atoms. The summed E-state index contributed by atoms with van der Waals surface area (Å²) in [7, 11) is -2.58. The molecule has 0 radical (unpaired) electrons. The molecule has 1 aliphatic carbocycles. The minimum absolute atomic E-state index is 0.0134. The topological polar surface area (TPSA) is 103 Å². The number of nitrogens with zero attached hydrogens (tertiary/aromatic N) is 3. The van der Waals surface area contributed by atoms with Crippen LogP contribution >= 0.6 is 0 Å². The Morgan fingerprint density at radius 1 is 1.03 bits per heavy atom. The first kappa shape index (κ1) is 24.8. The summed E-state index contributed by atoms with van der Waals surface area (Å²) in [6, 6.07) is 13.6. The second-order valence-electron chi connectivity index (χ2n) is 8.74. The first-order valence-corrected chi connectivity index (χ1v) is 12.8. The molecule has 0 amide bonds. The molecule has 0 atom stereocenters. The maximum absolute atomic E-state index is 12.9. The first-order valence-electron chi connectivity index (χ1n) is 11.3. The average molecular weight is 531 g/mol. The molecule has 1 fully saturated rings. The zero-order chi connectivity index (χ0) is 26.4. The van der Waals surface area contributed by atoms with Gasteiger partial charge in [-0.05, 0) is 66.8 Å². The Morgan fingerprint density at radius 3 is 2.43 bits per heavy atom. The van der Waals surface area contributed by atoms with Crippen molar-refractivity contribution >= 4 is 26.9 Å². The first-order chi connectivity index (χ1) is 17.6. The maximum atomic E-state index is 12.9. The van der Waals surface area contributed by atoms with E-state index in [1.165, 1.54) is 54.4 Å². The molecule has 12 heteroatoms. The van der Waals surface area contributed by atoms with Gasteiger partial charge in [0.15, 0.2) is 0 Å². The van der Waals surface area contributed by atoms with Crippen molar-refractivity contribution in [1.29, 1.82) is 0 Å². The lowest BCUT2D eigenvalue weighted by molar-refractivity contribution is -0.197. The SMILES string of the molecule is COc1cc([C@H]2C[C@H](C(F)(F)F)C2)ccc1-n1c(=O)ccc2cc(S(=O)(=O)Nc3ncccn3)ccc21. The van der Waals surface area contributed by atoms with Crippen LogP contribution in [0.2, 0.25) is 0 Å². The predicted octanol–water partition coefficient (Wildman–Crippen LogP) is 4.65. The Balaban J connectivity index is 1.51. The Labute approximate surface area is 209 Å². The van der Waals surface area contributed by atoms with Crippen LogP contribution in [0.4, 0.5) is 19.1 Å². The molecule has 5 rings (SSSR count). The van der Waals surface area contributed by atoms with Gasteiger partial charge in [-0.1, -0.05) is 6.07 Å². The van der Waals surface area contributed by atoms with Crippen LogP contribution in [0.1, 0.15) is 24.3 Å². The summed E-state index contributed by atoms with van der Waals surface area (Å²) in [5, 5.41) is 0.467. The van der Waals surface area contributed by atoms with Crippen LogP contribution in [0.3, 0.4) is 0 Å². The van der Waals surface area contributed by atoms with E-state index in [0.29, 0.717) is 27.9 Å². The molecule has 37 heavy (non-hydrogen) atoms. The van der Waals surface area contributed by atoms with Crippen molar-refractivity contribution in [3.05, 3.63) is 82.9 Å². The Kier molecular flexibility index (Phi) is 6.14. The highest BCUT2D eigenvalue weighted by molar-refractivity contribution is 7.92. The van der Waals surface area contributed by atoms with E-state index in [9.17, 15) is 26.4 Å². The summed E-state index contributed by atoms with van der Waals surface area (Å²) in [5.41, 5.74) is 1.14. The number of fused-ring (bicyclic) bond motifs is 1. The van der Waals surface area contributed by atoms with Crippen molar-refractivity contribution in [3.8, 4) is 11.4 Å². The van der Waals surface area contributed by atoms with Gasteiger partial charge in [0.2, 0.25) is 5.95 Å². The van der Waals surface area contributed by atoms with Gasteiger partial charge < -0.3 is 4.74 Å². The number of hydrogen-bond donors (Lipinski definition) is 1. The van der Waals surface area contributed by atoms with Crippen LogP contribution in [-0.2, 0) is 10.0 Å². The standard InChI is InChI=1S/C25H21F3N4O4S/c1-36-22-14-15(17-11-18(12-17)25(26,27)28)3-6-21(22)32-20-7-5-19(13-16(20)4-8-23(32)33)37(34,35)31-24-29-9-2-10-30-24/h2-10,13-14,17-18H,11-12H2,1H3,(H,29,30,31)/t17-,18-. The van der Waals surface area contributed by atoms with Crippen LogP contribution in [0, 0.1) is 5.92 Å². The number of sulfonamides is 1. The van der Waals surface area contributed by atoms with Gasteiger partial charge in [0, 0.05) is 23.8 Å². The molecule has 1 N–H and O–H groups in total. The fourth-order valence-electron chi connectivity index (χ4n) is 4.46. The molecule has 4 aromatic rings. The zero-order valence-electron chi connectivity index (χ0n) is 19.4. The number of methoxy groups -OCH3 is 1. The van der Waals surface area contributed by atoms with Crippen LogP contribution < -0.4 is 15.0 Å². The van der Waals surface area contributed by atoms with Gasteiger partial charge >= 0.3 is 6.18 Å². The number of aromatic nitrogens is 3. The van der Waals surface area contributed by atoms with E-state index in [0.717, 1.165) is 0 Å². The quantitative estimate of drug-likeness (QED) is 0.390. The largest absolute Gasteiger partial charge is 0.495 e. The molecule has 2 heterocycles. The molecule has 1 saturated carbocycles. The average Bonchev–Trinajstić information content (AvgIpc) is 2.82. The second-order valence-corrected chi connectivity index (χ2v) is 10.4. The lowest BCUT2D eigenvalue weighted by Gasteiger charge is -2.37. The molecule has 1 aliphatic rings. The van der Waals surface area contributed by atoms with Gasteiger partial charge in [-0.25, -0.2) is 23.1 Å². The highest BCUT2D eigenvalue weighted by atomic mass is 32.2.